The van der Waals surface area contributed by atoms with E-state index in [-0.39, 0.29) is 11.8 Å². The second-order valence-corrected chi connectivity index (χ2v) is 13.7. The first-order valence-corrected chi connectivity index (χ1v) is 18.9. The van der Waals surface area contributed by atoms with Gasteiger partial charge < -0.3 is 14.2 Å². The Morgan fingerprint density at radius 3 is 1.05 bits per heavy atom. The summed E-state index contributed by atoms with van der Waals surface area (Å²) < 4.78 is 17.7. The number of nitrogens with zero attached hydrogens (tertiary/aromatic N) is 2. The quantitative estimate of drug-likeness (QED) is 0.128. The Hall–Kier alpha value is -7.08. The minimum Gasteiger partial charge on any atom is -0.457 e. The third kappa shape index (κ3) is 8.94. The molecule has 11 heteroatoms. The van der Waals surface area contributed by atoms with E-state index in [9.17, 15) is 9.59 Å². The molecule has 9 nitrogen and oxygen atoms in total. The Balaban J connectivity index is 0.814. The summed E-state index contributed by atoms with van der Waals surface area (Å²) in [5, 5.41) is 10.5. The number of hydrogen-bond donors (Lipinski definition) is 2. The average Bonchev–Trinajstić information content (AvgIpc) is 3.90. The van der Waals surface area contributed by atoms with Gasteiger partial charge in [0.15, 0.2) is 10.3 Å². The van der Waals surface area contributed by atoms with Crippen molar-refractivity contribution < 1.29 is 23.8 Å². The lowest BCUT2D eigenvalue weighted by Gasteiger charge is -2.08. The second-order valence-electron chi connectivity index (χ2n) is 12.0. The van der Waals surface area contributed by atoms with Crippen molar-refractivity contribution in [2.75, 3.05) is 10.6 Å². The Morgan fingerprint density at radius 1 is 0.400 bits per heavy atom. The van der Waals surface area contributed by atoms with Crippen LogP contribution in [0.1, 0.15) is 20.7 Å². The van der Waals surface area contributed by atoms with Gasteiger partial charge in [0, 0.05) is 33.0 Å². The van der Waals surface area contributed by atoms with Gasteiger partial charge >= 0.3 is 0 Å². The van der Waals surface area contributed by atoms with Crippen LogP contribution < -0.4 is 24.8 Å². The van der Waals surface area contributed by atoms with Crippen LogP contribution in [0.25, 0.3) is 22.5 Å². The van der Waals surface area contributed by atoms with Crippen molar-refractivity contribution in [3.8, 4) is 57.0 Å². The van der Waals surface area contributed by atoms with E-state index in [1.807, 2.05) is 120 Å². The molecule has 55 heavy (non-hydrogen) atoms. The molecule has 0 saturated heterocycles. The van der Waals surface area contributed by atoms with Crippen molar-refractivity contribution in [2.45, 2.75) is 0 Å². The highest BCUT2D eigenvalue weighted by Gasteiger charge is 2.13. The SMILES string of the molecule is O=C(Nc1nc(-c2ccc(Oc3ccccc3)cc2)cs1)c1ccc(Oc2ccc(C(=O)Nc3nc(-c4ccc(Oc5ccccc5)cc4)cs3)cc2)cc1. The lowest BCUT2D eigenvalue weighted by atomic mass is 10.2. The summed E-state index contributed by atoms with van der Waals surface area (Å²) in [4.78, 5) is 35.1. The standard InChI is InChI=1S/C44H30N4O5S2/c49-41(47-43-45-39(27-54-43)29-11-19-35(20-12-29)51-33-7-3-1-4-8-33)31-15-23-37(24-16-31)53-38-25-17-32(18-26-38)42(50)48-44-46-40(28-55-44)30-13-21-36(22-14-30)52-34-9-5-2-6-10-34/h1-28H,(H,45,47,49)(H,46,48,50). The van der Waals surface area contributed by atoms with E-state index in [2.05, 4.69) is 20.6 Å². The first kappa shape index (κ1) is 35.0. The number of hydrogen-bond acceptors (Lipinski definition) is 9. The largest absolute Gasteiger partial charge is 0.457 e. The van der Waals surface area contributed by atoms with E-state index >= 15 is 0 Å². The Labute approximate surface area is 324 Å². The fraction of sp³-hybridized carbons (Fsp3) is 0. The summed E-state index contributed by atoms with van der Waals surface area (Å²) in [5.74, 6) is 3.49. The maximum absolute atomic E-state index is 13.0. The number of thiazole rings is 2. The smallest absolute Gasteiger partial charge is 0.257 e. The predicted octanol–water partition coefficient (Wildman–Crippen LogP) is 11.8. The van der Waals surface area contributed by atoms with E-state index in [4.69, 9.17) is 14.2 Å². The van der Waals surface area contributed by atoms with E-state index in [1.54, 1.807) is 48.5 Å². The van der Waals surface area contributed by atoms with Gasteiger partial charge in [-0.2, -0.15) is 0 Å². The molecule has 2 heterocycles. The molecule has 0 atom stereocenters. The molecule has 0 fully saturated rings. The molecule has 8 rings (SSSR count). The number of nitrogens with one attached hydrogen (secondary N) is 2. The molecule has 2 aromatic heterocycles. The van der Waals surface area contributed by atoms with Gasteiger partial charge in [0.25, 0.3) is 11.8 Å². The summed E-state index contributed by atoms with van der Waals surface area (Å²) in [6, 6.07) is 48.0. The molecule has 0 bridgehead atoms. The zero-order valence-corrected chi connectivity index (χ0v) is 30.6. The zero-order valence-electron chi connectivity index (χ0n) is 28.9. The third-order valence-electron chi connectivity index (χ3n) is 8.18. The maximum atomic E-state index is 13.0. The zero-order chi connectivity index (χ0) is 37.4. The van der Waals surface area contributed by atoms with Crippen molar-refractivity contribution in [3.63, 3.8) is 0 Å². The molecule has 0 aliphatic carbocycles. The number of para-hydroxylation sites is 2. The third-order valence-corrected chi connectivity index (χ3v) is 9.69. The Morgan fingerprint density at radius 2 is 0.709 bits per heavy atom. The maximum Gasteiger partial charge on any atom is 0.257 e. The van der Waals surface area contributed by atoms with Gasteiger partial charge in [0.05, 0.1) is 11.4 Å². The summed E-state index contributed by atoms with van der Waals surface area (Å²) >= 11 is 2.70. The topological polar surface area (TPSA) is 112 Å². The van der Waals surface area contributed by atoms with Crippen molar-refractivity contribution in [2.24, 2.45) is 0 Å². The first-order valence-electron chi connectivity index (χ1n) is 17.1. The van der Waals surface area contributed by atoms with E-state index in [0.29, 0.717) is 32.9 Å². The monoisotopic (exact) mass is 758 g/mol. The van der Waals surface area contributed by atoms with E-state index < -0.39 is 0 Å². The molecule has 268 valence electrons. The summed E-state index contributed by atoms with van der Waals surface area (Å²) in [6.07, 6.45) is 0. The van der Waals surface area contributed by atoms with Crippen molar-refractivity contribution in [3.05, 3.63) is 180 Å². The number of benzene rings is 6. The van der Waals surface area contributed by atoms with Crippen LogP contribution in [0, 0.1) is 0 Å². The summed E-state index contributed by atoms with van der Waals surface area (Å²) in [7, 11) is 0. The van der Waals surface area contributed by atoms with Gasteiger partial charge in [-0.3, -0.25) is 20.2 Å². The van der Waals surface area contributed by atoms with Crippen LogP contribution in [0.2, 0.25) is 0 Å². The number of amides is 2. The van der Waals surface area contributed by atoms with Gasteiger partial charge in [-0.1, -0.05) is 36.4 Å². The lowest BCUT2D eigenvalue weighted by Crippen LogP contribution is -2.11. The van der Waals surface area contributed by atoms with Crippen molar-refractivity contribution in [1.82, 2.24) is 9.97 Å². The van der Waals surface area contributed by atoms with Gasteiger partial charge in [-0.15, -0.1) is 22.7 Å². The van der Waals surface area contributed by atoms with Crippen LogP contribution in [-0.4, -0.2) is 21.8 Å². The van der Waals surface area contributed by atoms with Crippen LogP contribution in [0.5, 0.6) is 34.5 Å². The van der Waals surface area contributed by atoms with E-state index in [0.717, 1.165) is 45.5 Å². The molecule has 2 N–H and O–H groups in total. The van der Waals surface area contributed by atoms with E-state index in [1.165, 1.54) is 22.7 Å². The fourth-order valence-corrected chi connectivity index (χ4v) is 6.82. The molecule has 6 aromatic carbocycles. The highest BCUT2D eigenvalue weighted by molar-refractivity contribution is 7.14. The fourth-order valence-electron chi connectivity index (χ4n) is 5.39. The molecule has 2 amide bonds. The number of ether oxygens (including phenoxy) is 3. The van der Waals surface area contributed by atoms with Gasteiger partial charge in [-0.05, 0) is 121 Å². The second kappa shape index (κ2) is 16.3. The molecule has 0 aliphatic rings. The molecule has 0 saturated carbocycles. The van der Waals surface area contributed by atoms with Crippen LogP contribution in [-0.2, 0) is 0 Å². The normalized spacial score (nSPS) is 10.7. The molecule has 0 spiro atoms. The first-order chi connectivity index (χ1) is 27.0. The van der Waals surface area contributed by atoms with Gasteiger partial charge in [0.2, 0.25) is 0 Å². The van der Waals surface area contributed by atoms with Crippen LogP contribution in [0.3, 0.4) is 0 Å². The number of aromatic nitrogens is 2. The average molecular weight is 759 g/mol. The molecular formula is C44H30N4O5S2. The molecule has 0 unspecified atom stereocenters. The summed E-state index contributed by atoms with van der Waals surface area (Å²) in [6.45, 7) is 0. The highest BCUT2D eigenvalue weighted by atomic mass is 32.1. The number of rotatable bonds is 12. The van der Waals surface area contributed by atoms with Gasteiger partial charge in [-0.25, -0.2) is 9.97 Å². The minimum atomic E-state index is -0.284. The minimum absolute atomic E-state index is 0.284. The number of carbonyl (C=O) groups is 2. The van der Waals surface area contributed by atoms with Crippen LogP contribution in [0.15, 0.2) is 168 Å². The van der Waals surface area contributed by atoms with Crippen molar-refractivity contribution in [1.29, 1.82) is 0 Å². The van der Waals surface area contributed by atoms with Crippen molar-refractivity contribution >= 4 is 44.8 Å². The highest BCUT2D eigenvalue weighted by Crippen LogP contribution is 2.31. The molecule has 8 aromatic rings. The molecule has 0 radical (unpaired) electrons. The van der Waals surface area contributed by atoms with Gasteiger partial charge in [0.1, 0.15) is 34.5 Å². The summed E-state index contributed by atoms with van der Waals surface area (Å²) in [5.41, 5.74) is 4.24. The Bertz CT molecular complexity index is 2340. The van der Waals surface area contributed by atoms with Crippen LogP contribution in [0.4, 0.5) is 10.3 Å². The number of carbonyl (C=O) groups excluding carboxylic acids is 2. The van der Waals surface area contributed by atoms with Crippen LogP contribution >= 0.6 is 22.7 Å². The molecule has 0 aliphatic heterocycles. The molecular weight excluding hydrogens is 729 g/mol. The Kier molecular flexibility index (Phi) is 10.4. The predicted molar refractivity (Wildman–Crippen MR) is 217 cm³/mol. The lowest BCUT2D eigenvalue weighted by molar-refractivity contribution is 0.101. The number of anilines is 2.